The summed E-state index contributed by atoms with van der Waals surface area (Å²) in [6.45, 7) is 1.40. The first-order valence-electron chi connectivity index (χ1n) is 11.7. The molecule has 1 aliphatic carbocycles. The number of rotatable bonds is 8. The molecule has 7 nitrogen and oxygen atoms in total. The number of carbonyl (C=O) groups excluding carboxylic acids is 2. The highest BCUT2D eigenvalue weighted by molar-refractivity contribution is 5.99. The summed E-state index contributed by atoms with van der Waals surface area (Å²) >= 11 is 0. The Morgan fingerprint density at radius 3 is 2.52 bits per heavy atom. The van der Waals surface area contributed by atoms with Gasteiger partial charge in [0.1, 0.15) is 16.9 Å². The van der Waals surface area contributed by atoms with Crippen molar-refractivity contribution in [3.63, 3.8) is 0 Å². The highest BCUT2D eigenvalue weighted by Gasteiger charge is 2.24. The normalized spacial score (nSPS) is 18.4. The number of carbonyl (C=O) groups is 2. The molecule has 2 aromatic rings. The van der Waals surface area contributed by atoms with Crippen LogP contribution in [-0.2, 0) is 17.7 Å². The minimum atomic E-state index is -0.586. The van der Waals surface area contributed by atoms with Crippen LogP contribution in [0.15, 0.2) is 41.5 Å². The van der Waals surface area contributed by atoms with E-state index in [1.54, 1.807) is 16.7 Å². The van der Waals surface area contributed by atoms with Crippen LogP contribution in [0.1, 0.15) is 64.8 Å². The predicted molar refractivity (Wildman–Crippen MR) is 122 cm³/mol. The van der Waals surface area contributed by atoms with Crippen LogP contribution in [0.4, 0.5) is 4.39 Å². The van der Waals surface area contributed by atoms with Gasteiger partial charge in [-0.3, -0.25) is 14.4 Å². The molecule has 2 aliphatic rings. The molecule has 176 valence electrons. The summed E-state index contributed by atoms with van der Waals surface area (Å²) in [5.74, 6) is -1.33. The van der Waals surface area contributed by atoms with Crippen molar-refractivity contribution in [1.82, 2.24) is 15.2 Å². The van der Waals surface area contributed by atoms with Gasteiger partial charge in [0.15, 0.2) is 0 Å². The Labute approximate surface area is 192 Å². The SMILES string of the molecule is O=C(NCCc1cccc(F)c1)c1cn(C[C@@H]2CCCO2)cc(C(=O)NC2CCCC2)c1=O. The number of ether oxygens (including phenoxy) is 1. The lowest BCUT2D eigenvalue weighted by atomic mass is 10.1. The first kappa shape index (κ1) is 23.2. The molecule has 33 heavy (non-hydrogen) atoms. The standard InChI is InChI=1S/C25H30FN3O4/c26-18-6-3-5-17(13-18)10-11-27-24(31)21-15-29(14-20-9-4-12-33-20)16-22(23(21)30)25(32)28-19-7-1-2-8-19/h3,5-6,13,15-16,19-20H,1-2,4,7-12,14H2,(H,27,31)(H,28,32)/t20-/m0/s1. The lowest BCUT2D eigenvalue weighted by Crippen LogP contribution is -2.39. The van der Waals surface area contributed by atoms with Crippen molar-refractivity contribution in [2.75, 3.05) is 13.2 Å². The van der Waals surface area contributed by atoms with E-state index in [1.807, 2.05) is 0 Å². The Morgan fingerprint density at radius 1 is 1.06 bits per heavy atom. The number of hydrogen-bond acceptors (Lipinski definition) is 4. The summed E-state index contributed by atoms with van der Waals surface area (Å²) in [5, 5.41) is 5.67. The molecule has 4 rings (SSSR count). The summed E-state index contributed by atoms with van der Waals surface area (Å²) < 4.78 is 20.8. The third kappa shape index (κ3) is 6.07. The van der Waals surface area contributed by atoms with E-state index >= 15 is 0 Å². The van der Waals surface area contributed by atoms with E-state index < -0.39 is 17.2 Å². The van der Waals surface area contributed by atoms with E-state index in [2.05, 4.69) is 10.6 Å². The molecule has 0 spiro atoms. The van der Waals surface area contributed by atoms with Crippen molar-refractivity contribution in [1.29, 1.82) is 0 Å². The number of aromatic nitrogens is 1. The Morgan fingerprint density at radius 2 is 1.82 bits per heavy atom. The fourth-order valence-electron chi connectivity index (χ4n) is 4.52. The predicted octanol–water partition coefficient (Wildman–Crippen LogP) is 2.81. The smallest absolute Gasteiger partial charge is 0.256 e. The van der Waals surface area contributed by atoms with Crippen molar-refractivity contribution >= 4 is 11.8 Å². The van der Waals surface area contributed by atoms with Gasteiger partial charge in [0.05, 0.1) is 6.10 Å². The lowest BCUT2D eigenvalue weighted by molar-refractivity contribution is 0.0919. The zero-order valence-corrected chi connectivity index (χ0v) is 18.6. The van der Waals surface area contributed by atoms with E-state index in [4.69, 9.17) is 4.74 Å². The number of halogens is 1. The molecule has 0 bridgehead atoms. The van der Waals surface area contributed by atoms with Crippen molar-refractivity contribution in [3.05, 3.63) is 69.4 Å². The Hall–Kier alpha value is -3.00. The molecule has 2 amide bonds. The minimum Gasteiger partial charge on any atom is -0.376 e. The highest BCUT2D eigenvalue weighted by atomic mass is 19.1. The second-order valence-electron chi connectivity index (χ2n) is 8.84. The van der Waals surface area contributed by atoms with Gasteiger partial charge < -0.3 is 19.9 Å². The number of amides is 2. The average molecular weight is 456 g/mol. The van der Waals surface area contributed by atoms with Crippen molar-refractivity contribution in [2.24, 2.45) is 0 Å². The zero-order chi connectivity index (χ0) is 23.2. The van der Waals surface area contributed by atoms with Crippen LogP contribution >= 0.6 is 0 Å². The van der Waals surface area contributed by atoms with Gasteiger partial charge in [0.2, 0.25) is 5.43 Å². The molecule has 2 N–H and O–H groups in total. The van der Waals surface area contributed by atoms with Gasteiger partial charge in [-0.2, -0.15) is 0 Å². The fourth-order valence-corrected chi connectivity index (χ4v) is 4.52. The van der Waals surface area contributed by atoms with Crippen LogP contribution in [0.25, 0.3) is 0 Å². The van der Waals surface area contributed by atoms with E-state index in [-0.39, 0.29) is 35.6 Å². The number of pyridine rings is 1. The van der Waals surface area contributed by atoms with Gasteiger partial charge in [0.25, 0.3) is 11.8 Å². The lowest BCUT2D eigenvalue weighted by Gasteiger charge is -2.17. The first-order chi connectivity index (χ1) is 16.0. The van der Waals surface area contributed by atoms with E-state index in [1.165, 1.54) is 24.5 Å². The Kier molecular flexibility index (Phi) is 7.54. The molecule has 2 heterocycles. The minimum absolute atomic E-state index is 0.0119. The molecule has 1 aromatic heterocycles. The highest BCUT2D eigenvalue weighted by Crippen LogP contribution is 2.18. The van der Waals surface area contributed by atoms with Crippen molar-refractivity contribution in [3.8, 4) is 0 Å². The third-order valence-corrected chi connectivity index (χ3v) is 6.29. The Bertz CT molecular complexity index is 1060. The molecule has 1 aromatic carbocycles. The van der Waals surface area contributed by atoms with Gasteiger partial charge in [-0.05, 0) is 49.8 Å². The number of hydrogen-bond donors (Lipinski definition) is 2. The summed E-state index contributed by atoms with van der Waals surface area (Å²) in [6.07, 6.45) is 9.21. The van der Waals surface area contributed by atoms with Crippen molar-refractivity contribution in [2.45, 2.75) is 63.6 Å². The largest absolute Gasteiger partial charge is 0.376 e. The number of nitrogens with zero attached hydrogens (tertiary/aromatic N) is 1. The third-order valence-electron chi connectivity index (χ3n) is 6.29. The maximum Gasteiger partial charge on any atom is 0.256 e. The summed E-state index contributed by atoms with van der Waals surface area (Å²) in [5.41, 5.74) is 0.0529. The fraction of sp³-hybridized carbons (Fsp3) is 0.480. The maximum absolute atomic E-state index is 13.4. The van der Waals surface area contributed by atoms with Crippen LogP contribution in [0.5, 0.6) is 0 Å². The van der Waals surface area contributed by atoms with Crippen LogP contribution < -0.4 is 16.1 Å². The monoisotopic (exact) mass is 455 g/mol. The quantitative estimate of drug-likeness (QED) is 0.641. The molecule has 1 saturated heterocycles. The van der Waals surface area contributed by atoms with E-state index in [9.17, 15) is 18.8 Å². The molecular weight excluding hydrogens is 425 g/mol. The molecule has 2 fully saturated rings. The second kappa shape index (κ2) is 10.7. The van der Waals surface area contributed by atoms with Gasteiger partial charge in [-0.1, -0.05) is 25.0 Å². The van der Waals surface area contributed by atoms with Crippen LogP contribution in [0.3, 0.4) is 0 Å². The van der Waals surface area contributed by atoms with Crippen LogP contribution in [0, 0.1) is 5.82 Å². The molecule has 1 saturated carbocycles. The second-order valence-corrected chi connectivity index (χ2v) is 8.84. The number of nitrogens with one attached hydrogen (secondary N) is 2. The zero-order valence-electron chi connectivity index (χ0n) is 18.6. The van der Waals surface area contributed by atoms with Gasteiger partial charge in [-0.15, -0.1) is 0 Å². The molecular formula is C25H30FN3O4. The summed E-state index contributed by atoms with van der Waals surface area (Å²) in [6, 6.07) is 6.22. The van der Waals surface area contributed by atoms with Crippen LogP contribution in [-0.4, -0.2) is 41.7 Å². The Balaban J connectivity index is 1.51. The summed E-state index contributed by atoms with van der Waals surface area (Å²) in [7, 11) is 0. The van der Waals surface area contributed by atoms with Crippen LogP contribution in [0.2, 0.25) is 0 Å². The molecule has 0 unspecified atom stereocenters. The van der Waals surface area contributed by atoms with Gasteiger partial charge >= 0.3 is 0 Å². The number of benzene rings is 1. The average Bonchev–Trinajstić information content (AvgIpc) is 3.49. The maximum atomic E-state index is 13.4. The first-order valence-corrected chi connectivity index (χ1v) is 11.7. The molecule has 1 atom stereocenters. The van der Waals surface area contributed by atoms with Gasteiger partial charge in [-0.25, -0.2) is 4.39 Å². The van der Waals surface area contributed by atoms with Crippen molar-refractivity contribution < 1.29 is 18.7 Å². The molecule has 0 radical (unpaired) electrons. The van der Waals surface area contributed by atoms with E-state index in [0.717, 1.165) is 44.1 Å². The van der Waals surface area contributed by atoms with E-state index in [0.29, 0.717) is 19.6 Å². The topological polar surface area (TPSA) is 89.4 Å². The van der Waals surface area contributed by atoms with Gasteiger partial charge in [0, 0.05) is 38.1 Å². The molecule has 8 heteroatoms. The molecule has 1 aliphatic heterocycles. The summed E-state index contributed by atoms with van der Waals surface area (Å²) in [4.78, 5) is 38.8.